The smallest absolute Gasteiger partial charge is 0.227 e. The van der Waals surface area contributed by atoms with Crippen molar-refractivity contribution in [1.29, 1.82) is 0 Å². The Kier molecular flexibility index (Phi) is 3.31. The lowest BCUT2D eigenvalue weighted by Gasteiger charge is -2.05. The molecule has 0 radical (unpaired) electrons. The predicted octanol–water partition coefficient (Wildman–Crippen LogP) is 1.92. The molecule has 0 aromatic carbocycles. The standard InChI is InChI=1S/C13H17N5OS/c1-4-9-7(2)10-11-15-8(3)17-18(11)13(14-5-6-19)16-12(10)20-9/h19H,4-6H2,1-3H3,(H,14,16). The molecule has 0 unspecified atom stereocenters. The fourth-order valence-electron chi connectivity index (χ4n) is 2.37. The largest absolute Gasteiger partial charge is 0.395 e. The van der Waals surface area contributed by atoms with Gasteiger partial charge in [0.25, 0.3) is 0 Å². The lowest BCUT2D eigenvalue weighted by Crippen LogP contribution is -2.11. The Morgan fingerprint density at radius 3 is 2.80 bits per heavy atom. The quantitative estimate of drug-likeness (QED) is 0.768. The highest BCUT2D eigenvalue weighted by atomic mass is 32.1. The monoisotopic (exact) mass is 291 g/mol. The van der Waals surface area contributed by atoms with E-state index >= 15 is 0 Å². The van der Waals surface area contributed by atoms with Crippen molar-refractivity contribution in [3.63, 3.8) is 0 Å². The zero-order valence-electron chi connectivity index (χ0n) is 11.8. The molecule has 2 N–H and O–H groups in total. The van der Waals surface area contributed by atoms with Crippen LogP contribution in [-0.4, -0.2) is 37.8 Å². The molecule has 0 spiro atoms. The highest BCUT2D eigenvalue weighted by Gasteiger charge is 2.17. The third-order valence-electron chi connectivity index (χ3n) is 3.29. The minimum absolute atomic E-state index is 0.0541. The van der Waals surface area contributed by atoms with E-state index in [2.05, 4.69) is 34.2 Å². The van der Waals surface area contributed by atoms with Crippen molar-refractivity contribution in [3.05, 3.63) is 16.3 Å². The normalized spacial score (nSPS) is 11.6. The molecule has 3 heterocycles. The number of aliphatic hydroxyl groups excluding tert-OH is 1. The first-order valence-corrected chi connectivity index (χ1v) is 7.47. The molecular weight excluding hydrogens is 274 g/mol. The average molecular weight is 291 g/mol. The first-order chi connectivity index (χ1) is 9.65. The van der Waals surface area contributed by atoms with Gasteiger partial charge in [0.05, 0.1) is 12.0 Å². The van der Waals surface area contributed by atoms with Crippen molar-refractivity contribution in [1.82, 2.24) is 19.6 Å². The molecule has 0 aliphatic heterocycles. The summed E-state index contributed by atoms with van der Waals surface area (Å²) >= 11 is 1.70. The molecule has 0 saturated heterocycles. The number of aliphatic hydroxyl groups is 1. The molecule has 0 atom stereocenters. The van der Waals surface area contributed by atoms with Crippen LogP contribution < -0.4 is 5.32 Å². The van der Waals surface area contributed by atoms with Crippen LogP contribution in [0, 0.1) is 13.8 Å². The number of fused-ring (bicyclic) bond motifs is 3. The number of hydrogen-bond acceptors (Lipinski definition) is 6. The molecule has 6 nitrogen and oxygen atoms in total. The maximum absolute atomic E-state index is 8.97. The van der Waals surface area contributed by atoms with E-state index in [4.69, 9.17) is 5.11 Å². The van der Waals surface area contributed by atoms with E-state index < -0.39 is 0 Å². The van der Waals surface area contributed by atoms with Gasteiger partial charge in [0.15, 0.2) is 5.65 Å². The van der Waals surface area contributed by atoms with Crippen molar-refractivity contribution in [2.24, 2.45) is 0 Å². The summed E-state index contributed by atoms with van der Waals surface area (Å²) in [4.78, 5) is 11.5. The van der Waals surface area contributed by atoms with Gasteiger partial charge in [-0.3, -0.25) is 0 Å². The van der Waals surface area contributed by atoms with Crippen LogP contribution in [-0.2, 0) is 6.42 Å². The molecular formula is C13H17N5OS. The SMILES string of the molecule is CCc1sc2nc(NCCO)n3nc(C)nc3c2c1C. The summed E-state index contributed by atoms with van der Waals surface area (Å²) in [6.45, 7) is 6.63. The summed E-state index contributed by atoms with van der Waals surface area (Å²) in [5, 5.41) is 17.5. The molecule has 0 fully saturated rings. The van der Waals surface area contributed by atoms with Crippen molar-refractivity contribution in [2.75, 3.05) is 18.5 Å². The number of nitrogens with zero attached hydrogens (tertiary/aromatic N) is 4. The van der Waals surface area contributed by atoms with E-state index in [1.54, 1.807) is 15.9 Å². The summed E-state index contributed by atoms with van der Waals surface area (Å²) < 4.78 is 1.73. The van der Waals surface area contributed by atoms with E-state index in [1.807, 2.05) is 6.92 Å². The van der Waals surface area contributed by atoms with E-state index in [9.17, 15) is 0 Å². The molecule has 0 saturated carbocycles. The lowest BCUT2D eigenvalue weighted by molar-refractivity contribution is 0.310. The third kappa shape index (κ3) is 1.94. The first kappa shape index (κ1) is 13.3. The molecule has 0 aliphatic carbocycles. The van der Waals surface area contributed by atoms with Crippen LogP contribution in [0.15, 0.2) is 0 Å². The van der Waals surface area contributed by atoms with Crippen molar-refractivity contribution < 1.29 is 5.11 Å². The van der Waals surface area contributed by atoms with E-state index in [1.165, 1.54) is 10.4 Å². The minimum atomic E-state index is 0.0541. The Labute approximate surface area is 120 Å². The summed E-state index contributed by atoms with van der Waals surface area (Å²) in [7, 11) is 0. The van der Waals surface area contributed by atoms with Crippen LogP contribution in [0.25, 0.3) is 15.9 Å². The number of aromatic nitrogens is 4. The van der Waals surface area contributed by atoms with Crippen LogP contribution in [0.5, 0.6) is 0 Å². The lowest BCUT2D eigenvalue weighted by atomic mass is 10.2. The molecule has 3 aromatic heterocycles. The fourth-order valence-corrected chi connectivity index (χ4v) is 3.49. The Hall–Kier alpha value is -1.73. The summed E-state index contributed by atoms with van der Waals surface area (Å²) in [5.41, 5.74) is 2.08. The Bertz CT molecular complexity index is 776. The van der Waals surface area contributed by atoms with Gasteiger partial charge in [0.2, 0.25) is 5.95 Å². The van der Waals surface area contributed by atoms with Crippen LogP contribution >= 0.6 is 11.3 Å². The van der Waals surface area contributed by atoms with Gasteiger partial charge >= 0.3 is 0 Å². The van der Waals surface area contributed by atoms with Gasteiger partial charge in [-0.2, -0.15) is 4.52 Å². The van der Waals surface area contributed by atoms with Crippen molar-refractivity contribution in [3.8, 4) is 0 Å². The zero-order valence-corrected chi connectivity index (χ0v) is 12.6. The van der Waals surface area contributed by atoms with Crippen molar-refractivity contribution in [2.45, 2.75) is 27.2 Å². The van der Waals surface area contributed by atoms with Gasteiger partial charge in [0, 0.05) is 11.4 Å². The van der Waals surface area contributed by atoms with E-state index in [0.29, 0.717) is 12.5 Å². The highest BCUT2D eigenvalue weighted by Crippen LogP contribution is 2.33. The average Bonchev–Trinajstić information content (AvgIpc) is 2.96. The summed E-state index contributed by atoms with van der Waals surface area (Å²) in [6.07, 6.45) is 0.992. The van der Waals surface area contributed by atoms with Crippen molar-refractivity contribution >= 4 is 33.1 Å². The topological polar surface area (TPSA) is 75.3 Å². The zero-order chi connectivity index (χ0) is 14.3. The maximum atomic E-state index is 8.97. The number of aryl methyl sites for hydroxylation is 3. The minimum Gasteiger partial charge on any atom is -0.395 e. The van der Waals surface area contributed by atoms with E-state index in [-0.39, 0.29) is 6.61 Å². The molecule has 0 aliphatic rings. The van der Waals surface area contributed by atoms with Gasteiger partial charge in [-0.15, -0.1) is 16.4 Å². The maximum Gasteiger partial charge on any atom is 0.227 e. The second-order valence-electron chi connectivity index (χ2n) is 4.66. The van der Waals surface area contributed by atoms with Crippen LogP contribution in [0.2, 0.25) is 0 Å². The molecule has 0 bridgehead atoms. The van der Waals surface area contributed by atoms with Crippen LogP contribution in [0.1, 0.15) is 23.2 Å². The van der Waals surface area contributed by atoms with Gasteiger partial charge < -0.3 is 10.4 Å². The number of nitrogens with one attached hydrogen (secondary N) is 1. The van der Waals surface area contributed by atoms with Crippen LogP contribution in [0.4, 0.5) is 5.95 Å². The van der Waals surface area contributed by atoms with Gasteiger partial charge in [-0.1, -0.05) is 6.92 Å². The Morgan fingerprint density at radius 1 is 1.30 bits per heavy atom. The second kappa shape index (κ2) is 4.99. The predicted molar refractivity (Wildman–Crippen MR) is 80.6 cm³/mol. The fraction of sp³-hybridized carbons (Fsp3) is 0.462. The van der Waals surface area contributed by atoms with Crippen LogP contribution in [0.3, 0.4) is 0 Å². The molecule has 3 aromatic rings. The first-order valence-electron chi connectivity index (χ1n) is 6.65. The van der Waals surface area contributed by atoms with E-state index in [0.717, 1.165) is 28.1 Å². The summed E-state index contributed by atoms with van der Waals surface area (Å²) in [6, 6.07) is 0. The molecule has 7 heteroatoms. The second-order valence-corrected chi connectivity index (χ2v) is 5.75. The number of thiophene rings is 1. The molecule has 20 heavy (non-hydrogen) atoms. The number of rotatable bonds is 4. The summed E-state index contributed by atoms with van der Waals surface area (Å²) in [5.74, 6) is 1.35. The number of hydrogen-bond donors (Lipinski definition) is 2. The third-order valence-corrected chi connectivity index (χ3v) is 4.62. The highest BCUT2D eigenvalue weighted by molar-refractivity contribution is 7.19. The number of anilines is 1. The van der Waals surface area contributed by atoms with Gasteiger partial charge in [0.1, 0.15) is 10.7 Å². The van der Waals surface area contributed by atoms with Gasteiger partial charge in [-0.25, -0.2) is 9.97 Å². The Morgan fingerprint density at radius 2 is 2.10 bits per heavy atom. The molecule has 0 amide bonds. The molecule has 3 rings (SSSR count). The molecule has 106 valence electrons. The Balaban J connectivity index is 2.34. The van der Waals surface area contributed by atoms with Gasteiger partial charge in [-0.05, 0) is 25.8 Å².